The fourth-order valence-electron chi connectivity index (χ4n) is 2.02. The van der Waals surface area contributed by atoms with Crippen LogP contribution in [-0.4, -0.2) is 21.8 Å². The Morgan fingerprint density at radius 2 is 2.15 bits per heavy atom. The number of hydrogen-bond acceptors (Lipinski definition) is 2. The van der Waals surface area contributed by atoms with Crippen molar-refractivity contribution in [3.05, 3.63) is 0 Å². The van der Waals surface area contributed by atoms with Gasteiger partial charge in [0.25, 0.3) is 0 Å². The van der Waals surface area contributed by atoms with Crippen molar-refractivity contribution in [1.82, 2.24) is 0 Å². The molecule has 1 rings (SSSR count). The number of rotatable bonds is 2. The number of carbonyl (C=O) groups is 1. The van der Waals surface area contributed by atoms with E-state index < -0.39 is 11.6 Å². The normalized spacial score (nSPS) is 35.4. The third-order valence-corrected chi connectivity index (χ3v) is 3.14. The Labute approximate surface area is 78.8 Å². The van der Waals surface area contributed by atoms with Crippen molar-refractivity contribution in [3.63, 3.8) is 0 Å². The maximum atomic E-state index is 10.8. The summed E-state index contributed by atoms with van der Waals surface area (Å²) in [4.78, 5) is 10.8. The lowest BCUT2D eigenvalue weighted by Crippen LogP contribution is -2.37. The van der Waals surface area contributed by atoms with E-state index >= 15 is 0 Å². The summed E-state index contributed by atoms with van der Waals surface area (Å²) in [6.45, 7) is 2.12. The number of carboxylic acids is 1. The maximum Gasteiger partial charge on any atom is 0.335 e. The third kappa shape index (κ3) is 2.44. The second kappa shape index (κ2) is 4.09. The molecule has 0 heterocycles. The first-order valence-corrected chi connectivity index (χ1v) is 5.04. The maximum absolute atomic E-state index is 10.8. The van der Waals surface area contributed by atoms with Crippen LogP contribution in [0.2, 0.25) is 0 Å². The van der Waals surface area contributed by atoms with Crippen LogP contribution in [0.3, 0.4) is 0 Å². The van der Waals surface area contributed by atoms with Gasteiger partial charge in [0.2, 0.25) is 0 Å². The molecule has 1 fully saturated rings. The summed E-state index contributed by atoms with van der Waals surface area (Å²) < 4.78 is 0. The molecule has 1 aliphatic carbocycles. The van der Waals surface area contributed by atoms with Crippen LogP contribution in [0, 0.1) is 5.92 Å². The van der Waals surface area contributed by atoms with E-state index in [9.17, 15) is 9.90 Å². The zero-order valence-electron chi connectivity index (χ0n) is 8.12. The minimum Gasteiger partial charge on any atom is -0.479 e. The molecule has 2 N–H and O–H groups in total. The largest absolute Gasteiger partial charge is 0.479 e. The van der Waals surface area contributed by atoms with E-state index in [0.717, 1.165) is 25.7 Å². The lowest BCUT2D eigenvalue weighted by atomic mass is 9.93. The molecule has 0 aromatic heterocycles. The van der Waals surface area contributed by atoms with Gasteiger partial charge in [-0.1, -0.05) is 19.8 Å². The topological polar surface area (TPSA) is 57.5 Å². The molecule has 3 heteroatoms. The Hall–Kier alpha value is -0.570. The molecule has 0 bridgehead atoms. The van der Waals surface area contributed by atoms with Gasteiger partial charge in [-0.3, -0.25) is 0 Å². The van der Waals surface area contributed by atoms with Crippen LogP contribution in [-0.2, 0) is 4.79 Å². The van der Waals surface area contributed by atoms with Gasteiger partial charge in [-0.2, -0.15) is 0 Å². The lowest BCUT2D eigenvalue weighted by molar-refractivity contribution is -0.159. The standard InChI is InChI=1S/C10H18O3/c1-2-8-4-3-6-10(13,7-5-8)9(11)12/h8,13H,2-7H2,1H3,(H,11,12). The zero-order valence-corrected chi connectivity index (χ0v) is 8.12. The van der Waals surface area contributed by atoms with E-state index in [2.05, 4.69) is 6.92 Å². The first-order chi connectivity index (χ1) is 6.08. The summed E-state index contributed by atoms with van der Waals surface area (Å²) in [5.74, 6) is -0.447. The van der Waals surface area contributed by atoms with Crippen LogP contribution in [0.15, 0.2) is 0 Å². The molecule has 76 valence electrons. The Morgan fingerprint density at radius 3 is 2.69 bits per heavy atom. The van der Waals surface area contributed by atoms with Crippen LogP contribution in [0.1, 0.15) is 45.4 Å². The van der Waals surface area contributed by atoms with Gasteiger partial charge < -0.3 is 10.2 Å². The molecule has 13 heavy (non-hydrogen) atoms. The first kappa shape index (κ1) is 10.5. The van der Waals surface area contributed by atoms with Crippen molar-refractivity contribution in [2.45, 2.75) is 51.0 Å². The van der Waals surface area contributed by atoms with Crippen LogP contribution in [0.5, 0.6) is 0 Å². The monoisotopic (exact) mass is 186 g/mol. The van der Waals surface area contributed by atoms with Crippen molar-refractivity contribution in [1.29, 1.82) is 0 Å². The van der Waals surface area contributed by atoms with Gasteiger partial charge in [0.1, 0.15) is 0 Å². The van der Waals surface area contributed by atoms with Crippen LogP contribution in [0.4, 0.5) is 0 Å². The van der Waals surface area contributed by atoms with E-state index in [1.165, 1.54) is 0 Å². The highest BCUT2D eigenvalue weighted by molar-refractivity contribution is 5.77. The average molecular weight is 186 g/mol. The van der Waals surface area contributed by atoms with Crippen LogP contribution < -0.4 is 0 Å². The van der Waals surface area contributed by atoms with E-state index in [4.69, 9.17) is 5.11 Å². The summed E-state index contributed by atoms with van der Waals surface area (Å²) in [7, 11) is 0. The minimum atomic E-state index is -1.44. The fraction of sp³-hybridized carbons (Fsp3) is 0.900. The molecule has 0 aromatic rings. The first-order valence-electron chi connectivity index (χ1n) is 5.04. The van der Waals surface area contributed by atoms with Gasteiger partial charge in [0, 0.05) is 0 Å². The van der Waals surface area contributed by atoms with Crippen LogP contribution in [0.25, 0.3) is 0 Å². The van der Waals surface area contributed by atoms with Crippen LogP contribution >= 0.6 is 0 Å². The van der Waals surface area contributed by atoms with Crippen molar-refractivity contribution in [2.75, 3.05) is 0 Å². The second-order valence-electron chi connectivity index (χ2n) is 4.04. The summed E-state index contributed by atoms with van der Waals surface area (Å²) >= 11 is 0. The van der Waals surface area contributed by atoms with E-state index in [-0.39, 0.29) is 0 Å². The van der Waals surface area contributed by atoms with Gasteiger partial charge in [-0.25, -0.2) is 4.79 Å². The molecule has 2 atom stereocenters. The molecule has 2 unspecified atom stereocenters. The molecule has 0 spiro atoms. The molecule has 0 radical (unpaired) electrons. The van der Waals surface area contributed by atoms with E-state index in [1.54, 1.807) is 0 Å². The number of aliphatic carboxylic acids is 1. The molecular weight excluding hydrogens is 168 g/mol. The van der Waals surface area contributed by atoms with Crippen molar-refractivity contribution >= 4 is 5.97 Å². The van der Waals surface area contributed by atoms with Gasteiger partial charge in [-0.15, -0.1) is 0 Å². The van der Waals surface area contributed by atoms with E-state index in [1.807, 2.05) is 0 Å². The van der Waals surface area contributed by atoms with Gasteiger partial charge >= 0.3 is 5.97 Å². The minimum absolute atomic E-state index is 0.416. The highest BCUT2D eigenvalue weighted by Gasteiger charge is 2.37. The van der Waals surface area contributed by atoms with Crippen molar-refractivity contribution in [3.8, 4) is 0 Å². The van der Waals surface area contributed by atoms with E-state index in [0.29, 0.717) is 18.8 Å². The smallest absolute Gasteiger partial charge is 0.335 e. The Balaban J connectivity index is 2.58. The predicted octanol–water partition coefficient (Wildman–Crippen LogP) is 1.79. The third-order valence-electron chi connectivity index (χ3n) is 3.14. The summed E-state index contributed by atoms with van der Waals surface area (Å²) in [6.07, 6.45) is 4.67. The average Bonchev–Trinajstić information content (AvgIpc) is 2.28. The molecule has 0 aliphatic heterocycles. The number of hydrogen-bond donors (Lipinski definition) is 2. The van der Waals surface area contributed by atoms with Gasteiger partial charge in [0.15, 0.2) is 5.60 Å². The molecule has 1 saturated carbocycles. The molecule has 0 saturated heterocycles. The summed E-state index contributed by atoms with van der Waals surface area (Å²) in [5, 5.41) is 18.6. The molecule has 0 aromatic carbocycles. The Morgan fingerprint density at radius 1 is 1.46 bits per heavy atom. The van der Waals surface area contributed by atoms with Gasteiger partial charge in [-0.05, 0) is 31.6 Å². The summed E-state index contributed by atoms with van der Waals surface area (Å²) in [6, 6.07) is 0. The quantitative estimate of drug-likeness (QED) is 0.646. The highest BCUT2D eigenvalue weighted by atomic mass is 16.4. The molecule has 1 aliphatic rings. The summed E-state index contributed by atoms with van der Waals surface area (Å²) in [5.41, 5.74) is -1.44. The Bertz CT molecular complexity index is 191. The zero-order chi connectivity index (χ0) is 9.90. The Kier molecular flexibility index (Phi) is 3.31. The SMILES string of the molecule is CCC1CCCC(O)(C(=O)O)CC1. The number of carboxylic acid groups (broad SMARTS) is 1. The number of aliphatic hydroxyl groups is 1. The highest BCUT2D eigenvalue weighted by Crippen LogP contribution is 2.31. The molecule has 0 amide bonds. The van der Waals surface area contributed by atoms with Crippen molar-refractivity contribution in [2.24, 2.45) is 5.92 Å². The predicted molar refractivity (Wildman–Crippen MR) is 49.5 cm³/mol. The fourth-order valence-corrected chi connectivity index (χ4v) is 2.02. The van der Waals surface area contributed by atoms with Gasteiger partial charge in [0.05, 0.1) is 0 Å². The molecular formula is C10H18O3. The second-order valence-corrected chi connectivity index (χ2v) is 4.04. The molecule has 3 nitrogen and oxygen atoms in total. The van der Waals surface area contributed by atoms with Crippen molar-refractivity contribution < 1.29 is 15.0 Å². The lowest BCUT2D eigenvalue weighted by Gasteiger charge is -2.20.